The third kappa shape index (κ3) is 2.64. The minimum Gasteiger partial charge on any atom is -0.473 e. The van der Waals surface area contributed by atoms with Crippen LogP contribution in [0, 0.1) is 0 Å². The molecule has 2 heterocycles. The lowest BCUT2D eigenvalue weighted by Crippen LogP contribution is -2.23. The first-order valence-electron chi connectivity index (χ1n) is 4.61. The largest absolute Gasteiger partial charge is 0.473 e. The van der Waals surface area contributed by atoms with Crippen molar-refractivity contribution in [3.63, 3.8) is 0 Å². The summed E-state index contributed by atoms with van der Waals surface area (Å²) in [7, 11) is 0. The van der Waals surface area contributed by atoms with E-state index in [0.717, 1.165) is 6.29 Å². The maximum absolute atomic E-state index is 10.5. The van der Waals surface area contributed by atoms with Crippen LogP contribution in [-0.2, 0) is 4.79 Å². The van der Waals surface area contributed by atoms with E-state index in [1.807, 2.05) is 0 Å². The van der Waals surface area contributed by atoms with Crippen molar-refractivity contribution in [3.8, 4) is 5.88 Å². The van der Waals surface area contributed by atoms with Crippen LogP contribution in [0.25, 0.3) is 0 Å². The third-order valence-corrected chi connectivity index (χ3v) is 2.39. The fourth-order valence-electron chi connectivity index (χ4n) is 1.48. The van der Waals surface area contributed by atoms with Gasteiger partial charge in [0.15, 0.2) is 0 Å². The maximum Gasteiger partial charge on any atom is 0.218 e. The molecule has 0 aromatic carbocycles. The number of aldehydes is 1. The smallest absolute Gasteiger partial charge is 0.218 e. The predicted molar refractivity (Wildman–Crippen MR) is 53.9 cm³/mol. The minimum absolute atomic E-state index is 0.0360. The Morgan fingerprint density at radius 3 is 3.13 bits per heavy atom. The number of rotatable bonds is 3. The van der Waals surface area contributed by atoms with Gasteiger partial charge in [0.05, 0.1) is 6.04 Å². The monoisotopic (exact) mass is 227 g/mol. The van der Waals surface area contributed by atoms with Crippen molar-refractivity contribution in [2.45, 2.75) is 18.6 Å². The zero-order valence-corrected chi connectivity index (χ0v) is 8.65. The summed E-state index contributed by atoms with van der Waals surface area (Å²) in [5.74, 6) is 0.438. The molecular formula is C9H10ClN3O2. The van der Waals surface area contributed by atoms with Gasteiger partial charge >= 0.3 is 0 Å². The highest BCUT2D eigenvalue weighted by atomic mass is 35.5. The number of carbonyl (C=O) groups excluding carboxylic acids is 1. The average molecular weight is 228 g/mol. The summed E-state index contributed by atoms with van der Waals surface area (Å²) in [5.41, 5.74) is 0. The Balaban J connectivity index is 1.95. The SMILES string of the molecule is O=C[C@@H]1C[C@@H](Oc2cc(Cl)ncn2)CN1. The van der Waals surface area contributed by atoms with Crippen LogP contribution in [0.15, 0.2) is 12.4 Å². The number of nitrogens with zero attached hydrogens (tertiary/aromatic N) is 2. The molecule has 1 aromatic heterocycles. The van der Waals surface area contributed by atoms with Gasteiger partial charge in [-0.3, -0.25) is 0 Å². The highest BCUT2D eigenvalue weighted by Crippen LogP contribution is 2.16. The number of ether oxygens (including phenoxy) is 1. The summed E-state index contributed by atoms with van der Waals surface area (Å²) in [6.07, 6.45) is 2.85. The van der Waals surface area contributed by atoms with Gasteiger partial charge in [0.1, 0.15) is 23.9 Å². The fourth-order valence-corrected chi connectivity index (χ4v) is 1.62. The Morgan fingerprint density at radius 1 is 1.60 bits per heavy atom. The van der Waals surface area contributed by atoms with E-state index in [0.29, 0.717) is 24.0 Å². The van der Waals surface area contributed by atoms with Crippen molar-refractivity contribution >= 4 is 17.9 Å². The van der Waals surface area contributed by atoms with Gasteiger partial charge in [0.25, 0.3) is 0 Å². The molecule has 1 saturated heterocycles. The summed E-state index contributed by atoms with van der Waals surface area (Å²) in [6, 6.07) is 1.43. The summed E-state index contributed by atoms with van der Waals surface area (Å²) in [5, 5.41) is 3.37. The molecule has 1 N–H and O–H groups in total. The highest BCUT2D eigenvalue weighted by Gasteiger charge is 2.25. The fraction of sp³-hybridized carbons (Fsp3) is 0.444. The van der Waals surface area contributed by atoms with Gasteiger partial charge in [-0.05, 0) is 0 Å². The molecule has 0 spiro atoms. The zero-order valence-electron chi connectivity index (χ0n) is 7.89. The van der Waals surface area contributed by atoms with E-state index in [1.54, 1.807) is 6.07 Å². The maximum atomic E-state index is 10.5. The molecular weight excluding hydrogens is 218 g/mol. The van der Waals surface area contributed by atoms with E-state index in [2.05, 4.69) is 15.3 Å². The molecule has 0 aliphatic carbocycles. The number of hydrogen-bond donors (Lipinski definition) is 1. The second-order valence-corrected chi connectivity index (χ2v) is 3.69. The van der Waals surface area contributed by atoms with Crippen molar-refractivity contribution in [3.05, 3.63) is 17.5 Å². The van der Waals surface area contributed by atoms with Crippen LogP contribution in [0.1, 0.15) is 6.42 Å². The summed E-state index contributed by atoms with van der Waals surface area (Å²) in [4.78, 5) is 18.2. The summed E-state index contributed by atoms with van der Waals surface area (Å²) < 4.78 is 5.53. The molecule has 80 valence electrons. The topological polar surface area (TPSA) is 64.1 Å². The van der Waals surface area contributed by atoms with Crippen molar-refractivity contribution in [1.82, 2.24) is 15.3 Å². The van der Waals surface area contributed by atoms with Crippen LogP contribution in [0.3, 0.4) is 0 Å². The molecule has 1 aliphatic rings. The first kappa shape index (κ1) is 10.3. The van der Waals surface area contributed by atoms with Gasteiger partial charge in [-0.15, -0.1) is 0 Å². The average Bonchev–Trinajstić information content (AvgIpc) is 2.65. The van der Waals surface area contributed by atoms with Gasteiger partial charge in [0, 0.05) is 19.0 Å². The second kappa shape index (κ2) is 4.55. The highest BCUT2D eigenvalue weighted by molar-refractivity contribution is 6.29. The molecule has 0 radical (unpaired) electrons. The molecule has 1 aliphatic heterocycles. The van der Waals surface area contributed by atoms with Crippen molar-refractivity contribution in [2.75, 3.05) is 6.54 Å². The molecule has 15 heavy (non-hydrogen) atoms. The standard InChI is InChI=1S/C9H10ClN3O2/c10-8-2-9(13-5-12-8)15-7-1-6(4-14)11-3-7/h2,4-7,11H,1,3H2/t6-,7+/m0/s1. The molecule has 1 aromatic rings. The molecule has 2 atom stereocenters. The summed E-state index contributed by atoms with van der Waals surface area (Å²) >= 11 is 5.68. The van der Waals surface area contributed by atoms with Gasteiger partial charge in [0.2, 0.25) is 5.88 Å². The minimum atomic E-state index is -0.118. The molecule has 5 nitrogen and oxygen atoms in total. The van der Waals surface area contributed by atoms with Gasteiger partial charge in [-0.2, -0.15) is 0 Å². The van der Waals surface area contributed by atoms with E-state index in [-0.39, 0.29) is 12.1 Å². The second-order valence-electron chi connectivity index (χ2n) is 3.31. The quantitative estimate of drug-likeness (QED) is 0.600. The lowest BCUT2D eigenvalue weighted by atomic mass is 10.2. The van der Waals surface area contributed by atoms with Gasteiger partial charge in [-0.1, -0.05) is 11.6 Å². The Labute approximate surface area is 91.8 Å². The van der Waals surface area contributed by atoms with Crippen LogP contribution < -0.4 is 10.1 Å². The van der Waals surface area contributed by atoms with Crippen molar-refractivity contribution in [1.29, 1.82) is 0 Å². The lowest BCUT2D eigenvalue weighted by Gasteiger charge is -2.10. The van der Waals surface area contributed by atoms with Gasteiger partial charge in [-0.25, -0.2) is 9.97 Å². The molecule has 0 saturated carbocycles. The molecule has 0 unspecified atom stereocenters. The number of nitrogens with one attached hydrogen (secondary N) is 1. The Kier molecular flexibility index (Phi) is 3.13. The number of carbonyl (C=O) groups is 1. The molecule has 0 bridgehead atoms. The van der Waals surface area contributed by atoms with E-state index in [9.17, 15) is 4.79 Å². The first-order valence-corrected chi connectivity index (χ1v) is 4.98. The zero-order chi connectivity index (χ0) is 10.7. The molecule has 0 amide bonds. The van der Waals surface area contributed by atoms with Crippen LogP contribution in [0.5, 0.6) is 5.88 Å². The number of halogens is 1. The molecule has 1 fully saturated rings. The van der Waals surface area contributed by atoms with Crippen molar-refractivity contribution in [2.24, 2.45) is 0 Å². The Bertz CT molecular complexity index is 361. The number of aromatic nitrogens is 2. The molecule has 6 heteroatoms. The van der Waals surface area contributed by atoms with E-state index in [4.69, 9.17) is 16.3 Å². The van der Waals surface area contributed by atoms with E-state index < -0.39 is 0 Å². The van der Waals surface area contributed by atoms with Crippen LogP contribution >= 0.6 is 11.6 Å². The lowest BCUT2D eigenvalue weighted by molar-refractivity contribution is -0.109. The Hall–Kier alpha value is -1.20. The summed E-state index contributed by atoms with van der Waals surface area (Å²) in [6.45, 7) is 0.644. The van der Waals surface area contributed by atoms with E-state index in [1.165, 1.54) is 6.33 Å². The molecule has 2 rings (SSSR count). The van der Waals surface area contributed by atoms with Gasteiger partial charge < -0.3 is 14.8 Å². The van der Waals surface area contributed by atoms with E-state index >= 15 is 0 Å². The normalized spacial score (nSPS) is 25.1. The predicted octanol–water partition coefficient (Wildman–Crippen LogP) is 0.438. The van der Waals surface area contributed by atoms with Crippen LogP contribution in [0.4, 0.5) is 0 Å². The Morgan fingerprint density at radius 2 is 2.47 bits per heavy atom. The van der Waals surface area contributed by atoms with Crippen LogP contribution in [0.2, 0.25) is 5.15 Å². The third-order valence-electron chi connectivity index (χ3n) is 2.18. The van der Waals surface area contributed by atoms with Crippen LogP contribution in [-0.4, -0.2) is 34.9 Å². The first-order chi connectivity index (χ1) is 7.28. The van der Waals surface area contributed by atoms with Crippen molar-refractivity contribution < 1.29 is 9.53 Å². The number of hydrogen-bond acceptors (Lipinski definition) is 5.